The van der Waals surface area contributed by atoms with E-state index in [1.807, 2.05) is 0 Å². The number of rotatable bonds is 8. The fraction of sp³-hybridized carbons (Fsp3) is 0.889. The molecule has 0 fully saturated rings. The Morgan fingerprint density at radius 3 is 2.41 bits per heavy atom. The molecule has 1 atom stereocenters. The van der Waals surface area contributed by atoms with Gasteiger partial charge < -0.3 is 14.2 Å². The molecule has 0 aromatic rings. The van der Waals surface area contributed by atoms with Crippen LogP contribution >= 0.6 is 0 Å². The van der Waals surface area contributed by atoms with Crippen molar-refractivity contribution >= 4 is 6.16 Å². The SMILES string of the molecule is CC(C)OC(=O)OCCOCC(C)ON(O)O. The third-order valence-electron chi connectivity index (χ3n) is 1.41. The lowest BCUT2D eigenvalue weighted by Gasteiger charge is -2.14. The van der Waals surface area contributed by atoms with E-state index in [0.29, 0.717) is 0 Å². The number of carbonyl (C=O) groups excluding carboxylic acids is 1. The second-order valence-corrected chi connectivity index (χ2v) is 3.51. The van der Waals surface area contributed by atoms with Crippen LogP contribution in [0.2, 0.25) is 0 Å². The highest BCUT2D eigenvalue weighted by atomic mass is 17.1. The van der Waals surface area contributed by atoms with Crippen LogP contribution in [0.25, 0.3) is 0 Å². The van der Waals surface area contributed by atoms with Gasteiger partial charge >= 0.3 is 6.16 Å². The number of hydrogen-bond acceptors (Lipinski definition) is 8. The summed E-state index contributed by atoms with van der Waals surface area (Å²) >= 11 is 0. The molecule has 0 bridgehead atoms. The Bertz CT molecular complexity index is 210. The second-order valence-electron chi connectivity index (χ2n) is 3.51. The van der Waals surface area contributed by atoms with Crippen LogP contribution in [-0.4, -0.2) is 54.0 Å². The van der Waals surface area contributed by atoms with Crippen LogP contribution in [0, 0.1) is 0 Å². The van der Waals surface area contributed by atoms with Crippen LogP contribution in [0.5, 0.6) is 0 Å². The Hall–Kier alpha value is -0.930. The van der Waals surface area contributed by atoms with Gasteiger partial charge in [-0.15, -0.1) is 0 Å². The summed E-state index contributed by atoms with van der Waals surface area (Å²) in [5.41, 5.74) is 0. The Labute approximate surface area is 99.5 Å². The number of hydrogen-bond donors (Lipinski definition) is 2. The van der Waals surface area contributed by atoms with Gasteiger partial charge in [0, 0.05) is 0 Å². The lowest BCUT2D eigenvalue weighted by Crippen LogP contribution is -2.26. The van der Waals surface area contributed by atoms with Crippen LogP contribution in [0.4, 0.5) is 4.79 Å². The molecule has 1 unspecified atom stereocenters. The number of nitrogens with zero attached hydrogens (tertiary/aromatic N) is 1. The molecular formula is C9H19NO7. The molecule has 0 rings (SSSR count). The molecule has 8 nitrogen and oxygen atoms in total. The number of ether oxygens (including phenoxy) is 3. The van der Waals surface area contributed by atoms with Gasteiger partial charge in [-0.2, -0.15) is 0 Å². The zero-order valence-corrected chi connectivity index (χ0v) is 10.2. The van der Waals surface area contributed by atoms with Gasteiger partial charge in [-0.1, -0.05) is 0 Å². The molecule has 0 radical (unpaired) electrons. The van der Waals surface area contributed by atoms with Gasteiger partial charge in [0.1, 0.15) is 12.7 Å². The monoisotopic (exact) mass is 253 g/mol. The summed E-state index contributed by atoms with van der Waals surface area (Å²) in [5.74, 6) is 0. The van der Waals surface area contributed by atoms with Gasteiger partial charge in [-0.3, -0.25) is 10.4 Å². The van der Waals surface area contributed by atoms with Crippen LogP contribution in [0.3, 0.4) is 0 Å². The van der Waals surface area contributed by atoms with Gasteiger partial charge in [-0.05, 0) is 20.8 Å². The molecule has 102 valence electrons. The van der Waals surface area contributed by atoms with Crippen molar-refractivity contribution < 1.29 is 34.3 Å². The minimum absolute atomic E-state index is 0.0558. The number of carbonyl (C=O) groups is 1. The Morgan fingerprint density at radius 2 is 1.88 bits per heavy atom. The highest BCUT2D eigenvalue weighted by Crippen LogP contribution is 1.95. The maximum absolute atomic E-state index is 10.9. The lowest BCUT2D eigenvalue weighted by molar-refractivity contribution is -0.504. The minimum Gasteiger partial charge on any atom is -0.432 e. The fourth-order valence-corrected chi connectivity index (χ4v) is 0.851. The molecule has 0 aromatic carbocycles. The predicted octanol–water partition coefficient (Wildman–Crippen LogP) is 0.965. The molecule has 0 heterocycles. The summed E-state index contributed by atoms with van der Waals surface area (Å²) in [6, 6.07) is 0. The van der Waals surface area contributed by atoms with Gasteiger partial charge in [0.05, 0.1) is 24.7 Å². The van der Waals surface area contributed by atoms with E-state index in [2.05, 4.69) is 9.57 Å². The first-order valence-corrected chi connectivity index (χ1v) is 5.17. The Kier molecular flexibility index (Phi) is 8.64. The van der Waals surface area contributed by atoms with Crippen molar-refractivity contribution in [3.8, 4) is 0 Å². The van der Waals surface area contributed by atoms with Crippen molar-refractivity contribution in [2.24, 2.45) is 0 Å². The third-order valence-corrected chi connectivity index (χ3v) is 1.41. The van der Waals surface area contributed by atoms with E-state index in [9.17, 15) is 4.79 Å². The average molecular weight is 253 g/mol. The smallest absolute Gasteiger partial charge is 0.432 e. The molecule has 0 saturated carbocycles. The maximum Gasteiger partial charge on any atom is 0.508 e. The first-order valence-electron chi connectivity index (χ1n) is 5.17. The molecule has 8 heteroatoms. The van der Waals surface area contributed by atoms with Gasteiger partial charge in [-0.25, -0.2) is 9.63 Å². The van der Waals surface area contributed by atoms with E-state index in [0.717, 1.165) is 0 Å². The quantitative estimate of drug-likeness (QED) is 0.375. The highest BCUT2D eigenvalue weighted by molar-refractivity contribution is 5.59. The average Bonchev–Trinajstić information content (AvgIpc) is 2.14. The largest absolute Gasteiger partial charge is 0.508 e. The zero-order chi connectivity index (χ0) is 13.3. The van der Waals surface area contributed by atoms with E-state index in [1.165, 1.54) is 0 Å². The predicted molar refractivity (Wildman–Crippen MR) is 54.3 cm³/mol. The van der Waals surface area contributed by atoms with Crippen LogP contribution in [0.1, 0.15) is 20.8 Å². The van der Waals surface area contributed by atoms with Crippen molar-refractivity contribution in [3.63, 3.8) is 0 Å². The van der Waals surface area contributed by atoms with E-state index >= 15 is 0 Å². The molecule has 0 aromatic heterocycles. The normalized spacial score (nSPS) is 12.9. The molecule has 2 N–H and O–H groups in total. The summed E-state index contributed by atoms with van der Waals surface area (Å²) in [5, 5.41) is 16.2. The molecule has 0 aliphatic carbocycles. The zero-order valence-electron chi connectivity index (χ0n) is 10.2. The molecule has 17 heavy (non-hydrogen) atoms. The van der Waals surface area contributed by atoms with Crippen molar-refractivity contribution in [2.75, 3.05) is 19.8 Å². The summed E-state index contributed by atoms with van der Waals surface area (Å²) < 4.78 is 14.4. The molecule has 0 aliphatic rings. The molecule has 0 amide bonds. The summed E-state index contributed by atoms with van der Waals surface area (Å²) in [6.45, 7) is 5.35. The lowest BCUT2D eigenvalue weighted by atomic mass is 10.4. The second kappa shape index (κ2) is 9.14. The minimum atomic E-state index is -0.746. The maximum atomic E-state index is 10.9. The van der Waals surface area contributed by atoms with Crippen LogP contribution in [0.15, 0.2) is 0 Å². The third kappa shape index (κ3) is 11.3. The molecule has 0 aliphatic heterocycles. The molecular weight excluding hydrogens is 234 g/mol. The van der Waals surface area contributed by atoms with E-state index in [1.54, 1.807) is 20.8 Å². The van der Waals surface area contributed by atoms with E-state index in [4.69, 9.17) is 19.9 Å². The first-order chi connectivity index (χ1) is 7.91. The van der Waals surface area contributed by atoms with Crippen LogP contribution in [-0.2, 0) is 19.0 Å². The summed E-state index contributed by atoms with van der Waals surface area (Å²) in [4.78, 5) is 15.3. The molecule has 0 saturated heterocycles. The summed E-state index contributed by atoms with van der Waals surface area (Å²) in [7, 11) is 0. The fourth-order valence-electron chi connectivity index (χ4n) is 0.851. The Morgan fingerprint density at radius 1 is 1.24 bits per heavy atom. The van der Waals surface area contributed by atoms with Crippen molar-refractivity contribution in [1.82, 2.24) is 5.39 Å². The van der Waals surface area contributed by atoms with Crippen molar-refractivity contribution in [1.29, 1.82) is 0 Å². The Balaban J connectivity index is 3.37. The van der Waals surface area contributed by atoms with Gasteiger partial charge in [0.15, 0.2) is 0 Å². The van der Waals surface area contributed by atoms with Crippen molar-refractivity contribution in [2.45, 2.75) is 33.0 Å². The van der Waals surface area contributed by atoms with E-state index in [-0.39, 0.29) is 31.3 Å². The topological polar surface area (TPSA) is 97.7 Å². The van der Waals surface area contributed by atoms with Crippen molar-refractivity contribution in [3.05, 3.63) is 0 Å². The standard InChI is InChI=1S/C9H19NO7/c1-7(2)16-9(11)15-5-4-14-6-8(3)17-10(12)13/h7-8,12-13H,4-6H2,1-3H3. The first kappa shape index (κ1) is 16.1. The molecule has 0 spiro atoms. The van der Waals surface area contributed by atoms with Gasteiger partial charge in [0.2, 0.25) is 0 Å². The van der Waals surface area contributed by atoms with Crippen LogP contribution < -0.4 is 0 Å². The summed E-state index contributed by atoms with van der Waals surface area (Å²) in [6.07, 6.45) is -1.51. The highest BCUT2D eigenvalue weighted by Gasteiger charge is 2.08. The van der Waals surface area contributed by atoms with E-state index < -0.39 is 12.3 Å². The van der Waals surface area contributed by atoms with Gasteiger partial charge in [0.25, 0.3) is 0 Å².